The van der Waals surface area contributed by atoms with Crippen molar-refractivity contribution in [2.24, 2.45) is 22.2 Å². The maximum Gasteiger partial charge on any atom is 0.162 e. The average Bonchev–Trinajstić information content (AvgIpc) is 3.17. The fourth-order valence-corrected chi connectivity index (χ4v) is 6.62. The third-order valence-corrected chi connectivity index (χ3v) is 10.0. The largest absolute Gasteiger partial charge is 0.512 e. The molecule has 4 aromatic carbocycles. The topological polar surface area (TPSA) is 59.4 Å². The van der Waals surface area contributed by atoms with Crippen LogP contribution in [0.25, 0.3) is 43.6 Å². The van der Waals surface area contributed by atoms with Crippen molar-refractivity contribution in [2.75, 3.05) is 0 Å². The molecule has 0 unspecified atom stereocenters. The normalized spacial score (nSPS) is 15.5. The van der Waals surface area contributed by atoms with Gasteiger partial charge in [-0.25, -0.2) is 0 Å². The van der Waals surface area contributed by atoms with Crippen molar-refractivity contribution in [3.05, 3.63) is 89.6 Å². The van der Waals surface area contributed by atoms with E-state index in [0.29, 0.717) is 45.7 Å². The van der Waals surface area contributed by atoms with Gasteiger partial charge in [-0.15, -0.1) is 17.5 Å². The third-order valence-electron chi connectivity index (χ3n) is 10.0. The molecule has 5 aromatic rings. The van der Waals surface area contributed by atoms with Crippen LogP contribution in [0.1, 0.15) is 125 Å². The van der Waals surface area contributed by atoms with Crippen LogP contribution in [0.4, 0.5) is 0 Å². The summed E-state index contributed by atoms with van der Waals surface area (Å²) < 4.78 is 85.3. The van der Waals surface area contributed by atoms with E-state index in [2.05, 4.69) is 11.1 Å². The molecule has 1 aliphatic heterocycles. The van der Waals surface area contributed by atoms with Crippen molar-refractivity contribution in [3.8, 4) is 22.8 Å². The van der Waals surface area contributed by atoms with Gasteiger partial charge in [-0.3, -0.25) is 9.78 Å². The van der Waals surface area contributed by atoms with Gasteiger partial charge in [-0.1, -0.05) is 129 Å². The van der Waals surface area contributed by atoms with Gasteiger partial charge < -0.3 is 9.84 Å². The molecule has 1 aliphatic rings. The second-order valence-corrected chi connectivity index (χ2v) is 16.4. The number of aliphatic hydroxyl groups excluding tert-OH is 1. The summed E-state index contributed by atoms with van der Waals surface area (Å²) >= 11 is 0. The number of carbonyl (C=O) groups is 1. The summed E-state index contributed by atoms with van der Waals surface area (Å²) in [7, 11) is 0. The van der Waals surface area contributed by atoms with E-state index < -0.39 is 6.04 Å². The minimum Gasteiger partial charge on any atom is -0.512 e. The van der Waals surface area contributed by atoms with Crippen LogP contribution in [0.15, 0.2) is 72.4 Å². The van der Waals surface area contributed by atoms with E-state index in [0.717, 1.165) is 25.7 Å². The van der Waals surface area contributed by atoms with Crippen molar-refractivity contribution >= 4 is 38.1 Å². The van der Waals surface area contributed by atoms with Crippen molar-refractivity contribution in [2.45, 2.75) is 115 Å². The van der Waals surface area contributed by atoms with E-state index in [-0.39, 0.29) is 136 Å². The molecular weight excluding hydrogens is 819 g/mol. The van der Waals surface area contributed by atoms with Crippen LogP contribution in [0.3, 0.4) is 0 Å². The molecule has 0 spiro atoms. The average molecular weight is 886 g/mol. The quantitative estimate of drug-likeness (QED) is 0.0680. The molecule has 2 heterocycles. The van der Waals surface area contributed by atoms with E-state index >= 15 is 0 Å². The molecule has 0 aliphatic carbocycles. The smallest absolute Gasteiger partial charge is 0.162 e. The van der Waals surface area contributed by atoms with Crippen molar-refractivity contribution < 1.29 is 47.1 Å². The standard InChI is InChI=1S/C33H32NO.C14H26O2.Ir/c1-32(2,3)18-21-11-9-13-23-24-14-15-34-30-26-16-20-10-7-8-12-22(20)27(19-33(4,5)6)31(26)35-28(29(24)30)17-25(21)23;1-6-11(7-2)12(15)10-13(16)14(5,8-3)9-4;/h7-15,17H,18-19H2,1-6H3;10-11,16H,6-9H2,1-5H3;/q-1;;/b;13-10-;/i7D,8D,9D,10D,11D,12D,14D,15D,17D;;. The summed E-state index contributed by atoms with van der Waals surface area (Å²) in [6.07, 6.45) is 5.26. The SMILES string of the molecule is CCC(CC)C(=O)/C=C(\O)C(C)(CC)CC.[2H]c1cc2c(c([2H])c3c4c(nc([2H])c([2H])c42)-c2[c-]c4c([2H])c([2H])c([2H])c([2H])c4c(CC(C)(C)C)c2O3)c(CC(C)(C)C)c1[2H].[Ir]. The predicted octanol–water partition coefficient (Wildman–Crippen LogP) is 13.5. The second kappa shape index (κ2) is 16.2. The first-order chi connectivity index (χ1) is 27.8. The van der Waals surface area contributed by atoms with E-state index in [1.54, 1.807) is 0 Å². The Balaban J connectivity index is 0.000000412. The number of allylic oxidation sites excluding steroid dienone is 2. The Morgan fingerprint density at radius 2 is 1.54 bits per heavy atom. The Labute approximate surface area is 338 Å². The number of hydrogen-bond acceptors (Lipinski definition) is 4. The molecule has 279 valence electrons. The number of aliphatic hydroxyl groups is 1. The van der Waals surface area contributed by atoms with Crippen LogP contribution in [0, 0.1) is 28.2 Å². The molecule has 0 fully saturated rings. The Morgan fingerprint density at radius 3 is 2.15 bits per heavy atom. The zero-order valence-electron chi connectivity index (χ0n) is 41.5. The number of nitrogens with zero attached hydrogens (tertiary/aromatic N) is 1. The molecule has 6 rings (SSSR count). The van der Waals surface area contributed by atoms with Crippen LogP contribution in [-0.2, 0) is 37.7 Å². The third kappa shape index (κ3) is 8.64. The molecule has 0 bridgehead atoms. The van der Waals surface area contributed by atoms with Gasteiger partial charge in [-0.05, 0) is 83.2 Å². The molecule has 0 saturated carbocycles. The Hall–Kier alpha value is -3.53. The first-order valence-corrected chi connectivity index (χ1v) is 18.2. The molecule has 1 aromatic heterocycles. The van der Waals surface area contributed by atoms with Gasteiger partial charge in [-0.2, -0.15) is 0 Å². The number of benzene rings is 4. The maximum atomic E-state index is 11.9. The number of rotatable bonds is 9. The van der Waals surface area contributed by atoms with Crippen LogP contribution in [0.2, 0.25) is 0 Å². The summed E-state index contributed by atoms with van der Waals surface area (Å²) in [6.45, 7) is 22.2. The van der Waals surface area contributed by atoms with Gasteiger partial charge in [0.25, 0.3) is 0 Å². The summed E-state index contributed by atoms with van der Waals surface area (Å²) in [4.78, 5) is 16.3. The van der Waals surface area contributed by atoms with Gasteiger partial charge >= 0.3 is 0 Å². The molecule has 1 radical (unpaired) electrons. The summed E-state index contributed by atoms with van der Waals surface area (Å²) in [5.74, 6) is 0.724. The van der Waals surface area contributed by atoms with E-state index in [9.17, 15) is 11.3 Å². The van der Waals surface area contributed by atoms with Gasteiger partial charge in [0.1, 0.15) is 11.5 Å². The Bertz CT molecular complexity index is 2590. The van der Waals surface area contributed by atoms with Gasteiger partial charge in [0, 0.05) is 56.1 Å². The number of ketones is 1. The van der Waals surface area contributed by atoms with Crippen LogP contribution in [-0.4, -0.2) is 15.9 Å². The Morgan fingerprint density at radius 1 is 0.885 bits per heavy atom. The van der Waals surface area contributed by atoms with E-state index in [4.69, 9.17) is 15.7 Å². The fraction of sp³-hybridized carbons (Fsp3) is 0.447. The molecule has 0 saturated heterocycles. The maximum absolute atomic E-state index is 11.9. The van der Waals surface area contributed by atoms with Gasteiger partial charge in [0.2, 0.25) is 0 Å². The molecule has 5 heteroatoms. The predicted molar refractivity (Wildman–Crippen MR) is 216 cm³/mol. The number of pyridine rings is 1. The first-order valence-electron chi connectivity index (χ1n) is 22.7. The molecule has 0 amide bonds. The fourth-order valence-electron chi connectivity index (χ4n) is 6.62. The van der Waals surface area contributed by atoms with Gasteiger partial charge in [0.15, 0.2) is 5.78 Å². The number of fused-ring (bicyclic) bond motifs is 5. The minimum absolute atomic E-state index is 0. The Kier molecular flexibility index (Phi) is 9.32. The molecule has 0 atom stereocenters. The van der Waals surface area contributed by atoms with Gasteiger partial charge in [0.05, 0.1) is 16.7 Å². The number of aromatic nitrogens is 1. The van der Waals surface area contributed by atoms with Crippen LogP contribution < -0.4 is 4.74 Å². The summed E-state index contributed by atoms with van der Waals surface area (Å²) in [5, 5.41) is 11.9. The molecule has 4 nitrogen and oxygen atoms in total. The molecule has 52 heavy (non-hydrogen) atoms. The van der Waals surface area contributed by atoms with Crippen molar-refractivity contribution in [1.29, 1.82) is 0 Å². The number of ether oxygens (including phenoxy) is 1. The number of hydrogen-bond donors (Lipinski definition) is 1. The second-order valence-electron chi connectivity index (χ2n) is 16.4. The van der Waals surface area contributed by atoms with Crippen molar-refractivity contribution in [1.82, 2.24) is 4.98 Å². The molecule has 1 N–H and O–H groups in total. The zero-order chi connectivity index (χ0) is 45.1. The summed E-state index contributed by atoms with van der Waals surface area (Å²) in [5.41, 5.74) is 0.674. The summed E-state index contributed by atoms with van der Waals surface area (Å²) in [6, 6.07) is 3.13. The van der Waals surface area contributed by atoms with Crippen LogP contribution in [0.5, 0.6) is 11.5 Å². The monoisotopic (exact) mass is 886 g/mol. The van der Waals surface area contributed by atoms with E-state index in [1.807, 2.05) is 76.2 Å². The zero-order valence-corrected chi connectivity index (χ0v) is 34.9. The molecular formula is C47H58IrNO3-. The number of carbonyl (C=O) groups excluding carboxylic acids is 1. The van der Waals surface area contributed by atoms with Crippen LogP contribution >= 0.6 is 0 Å². The van der Waals surface area contributed by atoms with E-state index in [1.165, 1.54) is 12.1 Å². The first kappa shape index (κ1) is 29.9. The van der Waals surface area contributed by atoms with Crippen molar-refractivity contribution in [3.63, 3.8) is 0 Å². The minimum atomic E-state index is -0.390.